The van der Waals surface area contributed by atoms with Crippen LogP contribution in [0, 0.1) is 0 Å². The molecule has 6 unspecified atom stereocenters. The molecule has 0 radical (unpaired) electrons. The Morgan fingerprint density at radius 2 is 1.05 bits per heavy atom. The maximum atomic E-state index is 13.0. The van der Waals surface area contributed by atoms with Crippen molar-refractivity contribution in [3.05, 3.63) is 72.9 Å². The Bertz CT molecular complexity index is 1570. The Kier molecular flexibility index (Phi) is 34.7. The second kappa shape index (κ2) is 37.3. The van der Waals surface area contributed by atoms with E-state index in [9.17, 15) is 49.1 Å². The van der Waals surface area contributed by atoms with E-state index in [0.717, 1.165) is 51.4 Å². The molecule has 1 aliphatic rings. The Labute approximate surface area is 392 Å². The minimum atomic E-state index is -5.39. The van der Waals surface area contributed by atoms with Crippen molar-refractivity contribution in [3.63, 3.8) is 0 Å². The zero-order chi connectivity index (χ0) is 49.1. The zero-order valence-electron chi connectivity index (χ0n) is 39.0. The first-order chi connectivity index (χ1) is 31.5. The second-order valence-electron chi connectivity index (χ2n) is 16.3. The number of hydrogen-bond acceptors (Lipinski definition) is 14. The number of carbonyl (C=O) groups is 2. The van der Waals surface area contributed by atoms with Crippen LogP contribution < -0.4 is 0 Å². The molecule has 0 amide bonds. The van der Waals surface area contributed by atoms with Crippen molar-refractivity contribution >= 4 is 27.6 Å². The lowest BCUT2D eigenvalue weighted by atomic mass is 9.85. The summed E-state index contributed by atoms with van der Waals surface area (Å²) >= 11 is 0. The van der Waals surface area contributed by atoms with Gasteiger partial charge in [0.1, 0.15) is 43.2 Å². The van der Waals surface area contributed by atoms with Crippen molar-refractivity contribution in [2.75, 3.05) is 13.2 Å². The molecule has 19 heteroatoms. The zero-order valence-corrected chi connectivity index (χ0v) is 40.7. The van der Waals surface area contributed by atoms with Crippen LogP contribution in [-0.4, -0.2) is 114 Å². The van der Waals surface area contributed by atoms with Crippen LogP contribution in [0.2, 0.25) is 0 Å². The molecule has 0 aromatic carbocycles. The Balaban J connectivity index is 2.71. The van der Waals surface area contributed by atoms with E-state index >= 15 is 0 Å². The fraction of sp³-hybridized carbons (Fsp3) is 0.702. The number of ether oxygens (including phenoxy) is 2. The molecule has 0 aromatic rings. The molecule has 66 heavy (non-hydrogen) atoms. The third kappa shape index (κ3) is 31.4. The van der Waals surface area contributed by atoms with E-state index < -0.39 is 89.6 Å². The van der Waals surface area contributed by atoms with Crippen LogP contribution in [0.15, 0.2) is 72.9 Å². The molecule has 1 rings (SSSR count). The minimum absolute atomic E-state index is 0.0580. The van der Waals surface area contributed by atoms with Gasteiger partial charge < -0.3 is 49.7 Å². The first kappa shape index (κ1) is 61.4. The fourth-order valence-electron chi connectivity index (χ4n) is 6.72. The Morgan fingerprint density at radius 1 is 0.561 bits per heavy atom. The monoisotopic (exact) mass is 978 g/mol. The first-order valence-electron chi connectivity index (χ1n) is 23.6. The van der Waals surface area contributed by atoms with Crippen molar-refractivity contribution in [2.45, 2.75) is 198 Å². The molecule has 17 nitrogen and oxygen atoms in total. The SMILES string of the molecule is CC/C=C\C/C=C\C/C=C\C/C=C\C/C=C\C=C/C(O)CCC(=O)O[C@H](COC(=O)CCCCCCCCCCCCCCC)COP(=O)(O)O[C@H]1C(O)C(O)C(O)[C@@H](OP(=O)(O)O)C1O. The van der Waals surface area contributed by atoms with Gasteiger partial charge in [-0.1, -0.05) is 164 Å². The summed E-state index contributed by atoms with van der Waals surface area (Å²) in [7, 11) is -10.8. The van der Waals surface area contributed by atoms with Crippen LogP contribution in [0.4, 0.5) is 0 Å². The molecule has 1 saturated carbocycles. The minimum Gasteiger partial charge on any atom is -0.462 e. The van der Waals surface area contributed by atoms with E-state index in [-0.39, 0.29) is 19.3 Å². The van der Waals surface area contributed by atoms with E-state index in [4.69, 9.17) is 28.3 Å². The van der Waals surface area contributed by atoms with Crippen LogP contribution >= 0.6 is 15.6 Å². The number of aliphatic hydroxyl groups excluding tert-OH is 5. The van der Waals surface area contributed by atoms with Crippen molar-refractivity contribution in [2.24, 2.45) is 0 Å². The second-order valence-corrected chi connectivity index (χ2v) is 18.9. The van der Waals surface area contributed by atoms with Crippen LogP contribution in [0.1, 0.15) is 149 Å². The topological polar surface area (TPSA) is 276 Å². The summed E-state index contributed by atoms with van der Waals surface area (Å²) < 4.78 is 49.1. The number of unbranched alkanes of at least 4 members (excludes halogenated alkanes) is 12. The molecule has 9 atom stereocenters. The van der Waals surface area contributed by atoms with Crippen molar-refractivity contribution in [1.82, 2.24) is 0 Å². The Hall–Kier alpha value is -2.60. The van der Waals surface area contributed by atoms with E-state index in [0.29, 0.717) is 12.8 Å². The summed E-state index contributed by atoms with van der Waals surface area (Å²) in [6, 6.07) is 0. The number of carbonyl (C=O) groups excluding carboxylic acids is 2. The normalized spacial score (nSPS) is 22.6. The number of aliphatic hydroxyl groups is 5. The molecule has 380 valence electrons. The summed E-state index contributed by atoms with van der Waals surface area (Å²) in [5, 5.41) is 51.6. The predicted octanol–water partition coefficient (Wildman–Crippen LogP) is 7.81. The first-order valence-corrected chi connectivity index (χ1v) is 26.6. The lowest BCUT2D eigenvalue weighted by molar-refractivity contribution is -0.216. The number of rotatable bonds is 38. The number of phosphoric ester groups is 2. The maximum absolute atomic E-state index is 13.0. The van der Waals surface area contributed by atoms with Gasteiger partial charge in [0.15, 0.2) is 6.10 Å². The van der Waals surface area contributed by atoms with Gasteiger partial charge in [0.05, 0.1) is 12.7 Å². The van der Waals surface area contributed by atoms with Gasteiger partial charge in [-0.25, -0.2) is 9.13 Å². The highest BCUT2D eigenvalue weighted by molar-refractivity contribution is 7.47. The van der Waals surface area contributed by atoms with E-state index in [1.165, 1.54) is 57.4 Å². The maximum Gasteiger partial charge on any atom is 0.472 e. The fourth-order valence-corrected chi connectivity index (χ4v) is 8.26. The van der Waals surface area contributed by atoms with Crippen LogP contribution in [0.3, 0.4) is 0 Å². The van der Waals surface area contributed by atoms with Gasteiger partial charge in [-0.15, -0.1) is 0 Å². The molecule has 0 heterocycles. The summed E-state index contributed by atoms with van der Waals surface area (Å²) in [6.45, 7) is 2.78. The van der Waals surface area contributed by atoms with Crippen molar-refractivity contribution < 1.29 is 82.0 Å². The van der Waals surface area contributed by atoms with Crippen molar-refractivity contribution in [1.29, 1.82) is 0 Å². The summed E-state index contributed by atoms with van der Waals surface area (Å²) in [5.41, 5.74) is 0. The van der Waals surface area contributed by atoms with Crippen LogP contribution in [0.25, 0.3) is 0 Å². The van der Waals surface area contributed by atoms with Crippen LogP contribution in [0.5, 0.6) is 0 Å². The van der Waals surface area contributed by atoms with Gasteiger partial charge in [-0.05, 0) is 44.9 Å². The number of esters is 2. The van der Waals surface area contributed by atoms with Crippen molar-refractivity contribution in [3.8, 4) is 0 Å². The molecule has 0 aliphatic heterocycles. The Morgan fingerprint density at radius 3 is 1.56 bits per heavy atom. The number of phosphoric acid groups is 2. The van der Waals surface area contributed by atoms with Gasteiger partial charge in [-0.3, -0.25) is 23.2 Å². The third-order valence-corrected chi connectivity index (χ3v) is 11.9. The average molecular weight is 979 g/mol. The molecule has 1 aliphatic carbocycles. The van der Waals surface area contributed by atoms with Gasteiger partial charge in [0, 0.05) is 12.8 Å². The summed E-state index contributed by atoms with van der Waals surface area (Å²) in [4.78, 5) is 54.3. The van der Waals surface area contributed by atoms with Crippen LogP contribution in [-0.2, 0) is 41.8 Å². The summed E-state index contributed by atoms with van der Waals surface area (Å²) in [6.07, 6.45) is 26.1. The van der Waals surface area contributed by atoms with E-state index in [1.54, 1.807) is 12.2 Å². The highest BCUT2D eigenvalue weighted by Gasteiger charge is 2.54. The highest BCUT2D eigenvalue weighted by Crippen LogP contribution is 2.49. The lowest BCUT2D eigenvalue weighted by Gasteiger charge is -2.43. The van der Waals surface area contributed by atoms with E-state index in [2.05, 4.69) is 60.9 Å². The molecular weight excluding hydrogens is 898 g/mol. The quantitative estimate of drug-likeness (QED) is 0.00963. The van der Waals surface area contributed by atoms with Gasteiger partial charge in [0.2, 0.25) is 0 Å². The lowest BCUT2D eigenvalue weighted by Crippen LogP contribution is -2.64. The predicted molar refractivity (Wildman–Crippen MR) is 252 cm³/mol. The molecule has 0 saturated heterocycles. The smallest absolute Gasteiger partial charge is 0.462 e. The molecule has 8 N–H and O–H groups in total. The largest absolute Gasteiger partial charge is 0.472 e. The number of hydrogen-bond donors (Lipinski definition) is 8. The molecule has 0 bridgehead atoms. The van der Waals surface area contributed by atoms with E-state index in [1.807, 2.05) is 12.2 Å². The highest BCUT2D eigenvalue weighted by atomic mass is 31.2. The van der Waals surface area contributed by atoms with Gasteiger partial charge >= 0.3 is 27.6 Å². The molecule has 0 spiro atoms. The van der Waals surface area contributed by atoms with Gasteiger partial charge in [-0.2, -0.15) is 0 Å². The third-order valence-electron chi connectivity index (χ3n) is 10.4. The molecule has 1 fully saturated rings. The van der Waals surface area contributed by atoms with Gasteiger partial charge in [0.25, 0.3) is 0 Å². The number of allylic oxidation sites excluding steroid dienone is 11. The molecule has 0 aromatic heterocycles. The average Bonchev–Trinajstić information content (AvgIpc) is 3.27. The standard InChI is InChI=1S/C47H80O17P2/c1-3-5-7-9-11-13-15-17-18-19-21-22-24-26-28-30-32-38(48)34-35-41(50)62-39(36-60-40(49)33-31-29-27-25-23-20-16-14-12-10-8-6-4-2)37-61-66(58,59)64-47-44(53)42(51)43(52)46(45(47)54)63-65(55,56)57/h5,7,11,13,17-18,21-22,26,28,30,32,38-39,42-48,51-54H,3-4,6,8-10,12,14-16,19-20,23-25,27,29,31,33-37H2,1-2H3,(H,58,59)(H2,55,56,57)/b7-5-,13-11-,18-17-,22-21-,28-26-,32-30-/t38?,39-,42?,43?,44?,45?,46-,47+/m1/s1. The summed E-state index contributed by atoms with van der Waals surface area (Å²) in [5.74, 6) is -1.49. The molecular formula is C47H80O17P2.